The van der Waals surface area contributed by atoms with Gasteiger partial charge in [0.25, 0.3) is 6.43 Å². The van der Waals surface area contributed by atoms with Gasteiger partial charge in [-0.1, -0.05) is 24.3 Å². The normalized spacial score (nSPS) is 12.5. The summed E-state index contributed by atoms with van der Waals surface area (Å²) < 4.78 is 24.2. The molecule has 0 fully saturated rings. The lowest BCUT2D eigenvalue weighted by Crippen LogP contribution is -2.06. The second-order valence-electron chi connectivity index (χ2n) is 2.57. The van der Waals surface area contributed by atoms with E-state index >= 15 is 0 Å². The van der Waals surface area contributed by atoms with Crippen LogP contribution in [0.4, 0.5) is 8.78 Å². The van der Waals surface area contributed by atoms with E-state index < -0.39 is 12.5 Å². The summed E-state index contributed by atoms with van der Waals surface area (Å²) in [6.07, 6.45) is -2.48. The van der Waals surface area contributed by atoms with Crippen LogP contribution in [0.3, 0.4) is 0 Å². The third kappa shape index (κ3) is 2.23. The van der Waals surface area contributed by atoms with Crippen LogP contribution in [0, 0.1) is 11.3 Å². The summed E-state index contributed by atoms with van der Waals surface area (Å²) in [4.78, 5) is 0. The zero-order valence-electron chi connectivity index (χ0n) is 6.74. The molecule has 2 nitrogen and oxygen atoms in total. The predicted octanol–water partition coefficient (Wildman–Crippen LogP) is 2.15. The fraction of sp³-hybridized carbons (Fsp3) is 0.222. The maximum Gasteiger partial charge on any atom is 0.263 e. The fourth-order valence-electron chi connectivity index (χ4n) is 0.923. The van der Waals surface area contributed by atoms with E-state index in [0.717, 1.165) is 0 Å². The lowest BCUT2D eigenvalue weighted by molar-refractivity contribution is 0.151. The van der Waals surface area contributed by atoms with Gasteiger partial charge in [-0.3, -0.25) is 0 Å². The molecule has 0 bridgehead atoms. The first kappa shape index (κ1) is 9.62. The van der Waals surface area contributed by atoms with E-state index in [9.17, 15) is 8.78 Å². The Morgan fingerprint density at radius 2 is 1.62 bits per heavy atom. The highest BCUT2D eigenvalue weighted by Gasteiger charge is 2.08. The van der Waals surface area contributed by atoms with Crippen LogP contribution in [0.2, 0.25) is 0 Å². The molecule has 0 aliphatic heterocycles. The largest absolute Gasteiger partial charge is 0.312 e. The average Bonchev–Trinajstić information content (AvgIpc) is 2.17. The number of rotatable bonds is 2. The molecule has 0 spiro atoms. The van der Waals surface area contributed by atoms with Crippen molar-refractivity contribution in [2.24, 2.45) is 5.73 Å². The molecule has 1 aromatic carbocycles. The number of benzene rings is 1. The molecule has 13 heavy (non-hydrogen) atoms. The quantitative estimate of drug-likeness (QED) is 0.761. The second kappa shape index (κ2) is 3.97. The third-order valence-corrected chi connectivity index (χ3v) is 1.69. The molecule has 1 aromatic rings. The first-order chi connectivity index (χ1) is 6.15. The van der Waals surface area contributed by atoms with Crippen molar-refractivity contribution >= 4 is 0 Å². The molecule has 0 aliphatic carbocycles. The van der Waals surface area contributed by atoms with Gasteiger partial charge in [0.05, 0.1) is 6.07 Å². The molecule has 4 heteroatoms. The van der Waals surface area contributed by atoms with Gasteiger partial charge in [0.2, 0.25) is 0 Å². The Hall–Kier alpha value is -1.47. The number of nitrogens with zero attached hydrogens (tertiary/aromatic N) is 1. The second-order valence-corrected chi connectivity index (χ2v) is 2.57. The van der Waals surface area contributed by atoms with Crippen LogP contribution >= 0.6 is 0 Å². The lowest BCUT2D eigenvalue weighted by Gasteiger charge is -2.04. The minimum Gasteiger partial charge on any atom is -0.312 e. The van der Waals surface area contributed by atoms with Crippen molar-refractivity contribution in [2.45, 2.75) is 12.5 Å². The summed E-state index contributed by atoms with van der Waals surface area (Å²) in [5, 5.41) is 8.44. The number of halogens is 2. The van der Waals surface area contributed by atoms with Crippen LogP contribution in [0.5, 0.6) is 0 Å². The first-order valence-corrected chi connectivity index (χ1v) is 3.68. The van der Waals surface area contributed by atoms with Crippen molar-refractivity contribution in [3.8, 4) is 6.07 Å². The highest BCUT2D eigenvalue weighted by atomic mass is 19.3. The van der Waals surface area contributed by atoms with Crippen LogP contribution in [-0.2, 0) is 0 Å². The smallest absolute Gasteiger partial charge is 0.263 e. The molecule has 0 radical (unpaired) electrons. The molecule has 0 saturated carbocycles. The zero-order chi connectivity index (χ0) is 9.84. The van der Waals surface area contributed by atoms with Gasteiger partial charge in [0.1, 0.15) is 6.04 Å². The molecule has 1 atom stereocenters. The number of nitrogens with two attached hydrogens (primary N) is 1. The molecular formula is C9H8F2N2. The van der Waals surface area contributed by atoms with E-state index in [2.05, 4.69) is 0 Å². The van der Waals surface area contributed by atoms with Crippen molar-refractivity contribution < 1.29 is 8.78 Å². The van der Waals surface area contributed by atoms with E-state index in [1.165, 1.54) is 24.3 Å². The molecule has 0 saturated heterocycles. The van der Waals surface area contributed by atoms with Gasteiger partial charge < -0.3 is 5.73 Å². The molecule has 2 N–H and O–H groups in total. The van der Waals surface area contributed by atoms with Gasteiger partial charge >= 0.3 is 0 Å². The Morgan fingerprint density at radius 1 is 1.15 bits per heavy atom. The SMILES string of the molecule is N#C[C@H](N)c1ccc(C(F)F)cc1. The van der Waals surface area contributed by atoms with Gasteiger partial charge in [-0.15, -0.1) is 0 Å². The van der Waals surface area contributed by atoms with Crippen LogP contribution in [0.25, 0.3) is 0 Å². The van der Waals surface area contributed by atoms with Gasteiger partial charge in [-0.25, -0.2) is 8.78 Å². The predicted molar refractivity (Wildman–Crippen MR) is 43.9 cm³/mol. The number of hydrogen-bond acceptors (Lipinski definition) is 2. The maximum atomic E-state index is 12.1. The Kier molecular flexibility index (Phi) is 2.93. The van der Waals surface area contributed by atoms with E-state index in [4.69, 9.17) is 11.0 Å². The van der Waals surface area contributed by atoms with Gasteiger partial charge in [0, 0.05) is 5.56 Å². The zero-order valence-corrected chi connectivity index (χ0v) is 6.74. The van der Waals surface area contributed by atoms with E-state index in [0.29, 0.717) is 5.56 Å². The summed E-state index contributed by atoms with van der Waals surface area (Å²) >= 11 is 0. The van der Waals surface area contributed by atoms with Gasteiger partial charge in [0.15, 0.2) is 0 Å². The maximum absolute atomic E-state index is 12.1. The van der Waals surface area contributed by atoms with Crippen molar-refractivity contribution in [1.29, 1.82) is 5.26 Å². The lowest BCUT2D eigenvalue weighted by atomic mass is 10.1. The summed E-state index contributed by atoms with van der Waals surface area (Å²) in [5.41, 5.74) is 5.86. The molecule has 0 amide bonds. The molecule has 0 heterocycles. The molecule has 0 aromatic heterocycles. The molecule has 0 unspecified atom stereocenters. The van der Waals surface area contributed by atoms with Crippen molar-refractivity contribution in [2.75, 3.05) is 0 Å². The minimum atomic E-state index is -2.48. The summed E-state index contributed by atoms with van der Waals surface area (Å²) in [6, 6.07) is 6.51. The average molecular weight is 182 g/mol. The standard InChI is InChI=1S/C9H8F2N2/c10-9(11)7-3-1-6(2-4-7)8(13)5-12/h1-4,8-9H,13H2/t8-/m0/s1. The van der Waals surface area contributed by atoms with Crippen LogP contribution in [-0.4, -0.2) is 0 Å². The van der Waals surface area contributed by atoms with Gasteiger partial charge in [-0.2, -0.15) is 5.26 Å². The summed E-state index contributed by atoms with van der Waals surface area (Å²) in [6.45, 7) is 0. The van der Waals surface area contributed by atoms with Crippen molar-refractivity contribution in [3.05, 3.63) is 35.4 Å². The Labute approximate surface area is 74.6 Å². The fourth-order valence-corrected chi connectivity index (χ4v) is 0.923. The highest BCUT2D eigenvalue weighted by molar-refractivity contribution is 5.28. The summed E-state index contributed by atoms with van der Waals surface area (Å²) in [7, 11) is 0. The Morgan fingerprint density at radius 3 is 2.00 bits per heavy atom. The third-order valence-electron chi connectivity index (χ3n) is 1.69. The van der Waals surface area contributed by atoms with E-state index in [-0.39, 0.29) is 5.56 Å². The molecule has 0 aliphatic rings. The number of hydrogen-bond donors (Lipinski definition) is 1. The van der Waals surface area contributed by atoms with E-state index in [1.807, 2.05) is 6.07 Å². The molecule has 68 valence electrons. The van der Waals surface area contributed by atoms with Crippen molar-refractivity contribution in [1.82, 2.24) is 0 Å². The first-order valence-electron chi connectivity index (χ1n) is 3.68. The Bertz CT molecular complexity index is 313. The number of nitriles is 1. The molecule has 1 rings (SSSR count). The van der Waals surface area contributed by atoms with E-state index in [1.54, 1.807) is 0 Å². The van der Waals surface area contributed by atoms with Crippen molar-refractivity contribution in [3.63, 3.8) is 0 Å². The van der Waals surface area contributed by atoms with Crippen LogP contribution in [0.1, 0.15) is 23.6 Å². The number of alkyl halides is 2. The highest BCUT2D eigenvalue weighted by Crippen LogP contribution is 2.20. The summed E-state index contributed by atoms with van der Waals surface area (Å²) in [5.74, 6) is 0. The van der Waals surface area contributed by atoms with Crippen LogP contribution < -0.4 is 5.73 Å². The van der Waals surface area contributed by atoms with Crippen LogP contribution in [0.15, 0.2) is 24.3 Å². The topological polar surface area (TPSA) is 49.8 Å². The minimum absolute atomic E-state index is 0.0612. The van der Waals surface area contributed by atoms with Gasteiger partial charge in [-0.05, 0) is 5.56 Å². The Balaban J connectivity index is 2.89. The monoisotopic (exact) mass is 182 g/mol. The molecular weight excluding hydrogens is 174 g/mol.